The lowest BCUT2D eigenvalue weighted by Crippen LogP contribution is -2.31. The average Bonchev–Trinajstić information content (AvgIpc) is 3.25. The number of benzene rings is 2. The molecular weight excluding hydrogens is 397 g/mol. The van der Waals surface area contributed by atoms with Crippen molar-refractivity contribution in [3.05, 3.63) is 53.8 Å². The van der Waals surface area contributed by atoms with E-state index in [0.717, 1.165) is 48.6 Å². The molecular formula is C24H28FN3O3. The van der Waals surface area contributed by atoms with Gasteiger partial charge in [0.25, 0.3) is 0 Å². The lowest BCUT2D eigenvalue weighted by molar-refractivity contribution is -0.121. The Morgan fingerprint density at radius 2 is 2.03 bits per heavy atom. The number of nitrogens with one attached hydrogen (secondary N) is 2. The fourth-order valence-corrected chi connectivity index (χ4v) is 4.10. The highest BCUT2D eigenvalue weighted by Crippen LogP contribution is 2.27. The molecule has 31 heavy (non-hydrogen) atoms. The number of aryl methyl sites for hydroxylation is 1. The van der Waals surface area contributed by atoms with E-state index >= 15 is 0 Å². The topological polar surface area (TPSA) is 70.7 Å². The molecule has 0 aliphatic carbocycles. The molecule has 0 spiro atoms. The first-order valence-electron chi connectivity index (χ1n) is 10.9. The van der Waals surface area contributed by atoms with Crippen LogP contribution in [0, 0.1) is 11.7 Å². The molecule has 164 valence electrons. The summed E-state index contributed by atoms with van der Waals surface area (Å²) in [5.74, 6) is 1.03. The third-order valence-electron chi connectivity index (χ3n) is 5.85. The molecule has 7 heteroatoms. The maximum atomic E-state index is 13.1. The Bertz CT molecular complexity index is 932. The van der Waals surface area contributed by atoms with Gasteiger partial charge < -0.3 is 20.3 Å². The predicted molar refractivity (Wildman–Crippen MR) is 118 cm³/mol. The Kier molecular flexibility index (Phi) is 6.70. The van der Waals surface area contributed by atoms with Crippen LogP contribution in [-0.2, 0) is 16.0 Å². The average molecular weight is 426 g/mol. The summed E-state index contributed by atoms with van der Waals surface area (Å²) in [5.41, 5.74) is 2.96. The van der Waals surface area contributed by atoms with E-state index < -0.39 is 0 Å². The Morgan fingerprint density at radius 3 is 2.87 bits per heavy atom. The number of hydrogen-bond acceptors (Lipinski definition) is 4. The summed E-state index contributed by atoms with van der Waals surface area (Å²) in [6.45, 7) is 2.92. The second kappa shape index (κ2) is 9.81. The number of nitrogens with zero attached hydrogens (tertiary/aromatic N) is 1. The van der Waals surface area contributed by atoms with Gasteiger partial charge in [0.2, 0.25) is 11.8 Å². The normalized spacial score (nSPS) is 17.8. The summed E-state index contributed by atoms with van der Waals surface area (Å²) in [6, 6.07) is 12.2. The van der Waals surface area contributed by atoms with Crippen LogP contribution in [0.5, 0.6) is 5.75 Å². The molecule has 2 aromatic carbocycles. The SMILES string of the molecule is O=C(CCCOc1ccc2c(c1)CCC(=O)N2)NCC1CCN(c2ccc(F)cc2)C1. The standard InChI is InChI=1S/C24H28FN3O3/c25-19-4-6-20(7-5-19)28-12-11-17(16-28)15-26-23(29)2-1-13-31-21-8-9-22-18(14-21)3-10-24(30)27-22/h4-9,14,17H,1-3,10-13,15-16H2,(H,26,29)(H,27,30). The summed E-state index contributed by atoms with van der Waals surface area (Å²) in [5, 5.41) is 5.88. The van der Waals surface area contributed by atoms with Gasteiger partial charge in [0.15, 0.2) is 0 Å². The largest absolute Gasteiger partial charge is 0.494 e. The minimum absolute atomic E-state index is 0.0389. The van der Waals surface area contributed by atoms with E-state index in [1.165, 1.54) is 12.1 Å². The van der Waals surface area contributed by atoms with Gasteiger partial charge in [-0.3, -0.25) is 9.59 Å². The van der Waals surface area contributed by atoms with Crippen molar-refractivity contribution in [3.63, 3.8) is 0 Å². The van der Waals surface area contributed by atoms with E-state index in [9.17, 15) is 14.0 Å². The molecule has 1 fully saturated rings. The van der Waals surface area contributed by atoms with E-state index in [2.05, 4.69) is 15.5 Å². The zero-order valence-corrected chi connectivity index (χ0v) is 17.5. The van der Waals surface area contributed by atoms with Gasteiger partial charge in [-0.15, -0.1) is 0 Å². The molecule has 1 saturated heterocycles. The second-order valence-corrected chi connectivity index (χ2v) is 8.20. The van der Waals surface area contributed by atoms with Gasteiger partial charge in [-0.25, -0.2) is 4.39 Å². The van der Waals surface area contributed by atoms with E-state index in [1.54, 1.807) is 12.1 Å². The molecule has 2 aliphatic heterocycles. The minimum Gasteiger partial charge on any atom is -0.494 e. The fourth-order valence-electron chi connectivity index (χ4n) is 4.10. The van der Waals surface area contributed by atoms with Gasteiger partial charge >= 0.3 is 0 Å². The molecule has 2 aromatic rings. The van der Waals surface area contributed by atoms with Gasteiger partial charge in [0.1, 0.15) is 11.6 Å². The molecule has 0 bridgehead atoms. The number of rotatable bonds is 8. The summed E-state index contributed by atoms with van der Waals surface area (Å²) >= 11 is 0. The molecule has 2 N–H and O–H groups in total. The number of fused-ring (bicyclic) bond motifs is 1. The molecule has 4 rings (SSSR count). The highest BCUT2D eigenvalue weighted by molar-refractivity contribution is 5.94. The molecule has 1 unspecified atom stereocenters. The van der Waals surface area contributed by atoms with Crippen molar-refractivity contribution in [1.29, 1.82) is 0 Å². The van der Waals surface area contributed by atoms with Crippen molar-refractivity contribution in [2.24, 2.45) is 5.92 Å². The molecule has 1 atom stereocenters. The minimum atomic E-state index is -0.226. The van der Waals surface area contributed by atoms with Crippen LogP contribution in [-0.4, -0.2) is 38.1 Å². The number of hydrogen-bond donors (Lipinski definition) is 2. The monoisotopic (exact) mass is 425 g/mol. The van der Waals surface area contributed by atoms with Gasteiger partial charge in [-0.1, -0.05) is 0 Å². The third kappa shape index (κ3) is 5.75. The summed E-state index contributed by atoms with van der Waals surface area (Å²) in [6.07, 6.45) is 3.31. The molecule has 2 aliphatic rings. The van der Waals surface area contributed by atoms with Crippen molar-refractivity contribution in [2.45, 2.75) is 32.1 Å². The van der Waals surface area contributed by atoms with E-state index in [0.29, 0.717) is 38.3 Å². The maximum Gasteiger partial charge on any atom is 0.224 e. The Balaban J connectivity index is 1.12. The van der Waals surface area contributed by atoms with Crippen LogP contribution in [0.4, 0.5) is 15.8 Å². The lowest BCUT2D eigenvalue weighted by Gasteiger charge is -2.19. The first kappa shape index (κ1) is 21.2. The number of carbonyl (C=O) groups is 2. The van der Waals surface area contributed by atoms with Gasteiger partial charge in [0, 0.05) is 43.9 Å². The highest BCUT2D eigenvalue weighted by Gasteiger charge is 2.23. The molecule has 2 heterocycles. The Morgan fingerprint density at radius 1 is 1.19 bits per heavy atom. The first-order chi connectivity index (χ1) is 15.1. The number of anilines is 2. The van der Waals surface area contributed by atoms with Crippen LogP contribution in [0.15, 0.2) is 42.5 Å². The number of carbonyl (C=O) groups excluding carboxylic acids is 2. The Labute approximate surface area is 181 Å². The summed E-state index contributed by atoms with van der Waals surface area (Å²) in [7, 11) is 0. The number of halogens is 1. The lowest BCUT2D eigenvalue weighted by atomic mass is 10.0. The predicted octanol–water partition coefficient (Wildman–Crippen LogP) is 3.51. The Hall–Kier alpha value is -3.09. The quantitative estimate of drug-likeness (QED) is 0.635. The van der Waals surface area contributed by atoms with Gasteiger partial charge in [-0.05, 0) is 73.2 Å². The smallest absolute Gasteiger partial charge is 0.224 e. The fraction of sp³-hybridized carbons (Fsp3) is 0.417. The molecule has 0 aromatic heterocycles. The molecule has 0 radical (unpaired) electrons. The molecule has 6 nitrogen and oxygen atoms in total. The number of ether oxygens (including phenoxy) is 1. The van der Waals surface area contributed by atoms with E-state index in [1.807, 2.05) is 18.2 Å². The van der Waals surface area contributed by atoms with Crippen LogP contribution in [0.2, 0.25) is 0 Å². The van der Waals surface area contributed by atoms with Crippen LogP contribution in [0.1, 0.15) is 31.2 Å². The van der Waals surface area contributed by atoms with Crippen molar-refractivity contribution in [1.82, 2.24) is 5.32 Å². The maximum absolute atomic E-state index is 13.1. The number of amides is 2. The zero-order valence-electron chi connectivity index (χ0n) is 17.5. The van der Waals surface area contributed by atoms with Crippen LogP contribution in [0.25, 0.3) is 0 Å². The molecule has 2 amide bonds. The van der Waals surface area contributed by atoms with E-state index in [-0.39, 0.29) is 17.6 Å². The van der Waals surface area contributed by atoms with Crippen LogP contribution in [0.3, 0.4) is 0 Å². The second-order valence-electron chi connectivity index (χ2n) is 8.20. The van der Waals surface area contributed by atoms with Crippen molar-refractivity contribution < 1.29 is 18.7 Å². The summed E-state index contributed by atoms with van der Waals surface area (Å²) in [4.78, 5) is 25.8. The van der Waals surface area contributed by atoms with E-state index in [4.69, 9.17) is 4.74 Å². The zero-order chi connectivity index (χ0) is 21.6. The van der Waals surface area contributed by atoms with Crippen LogP contribution >= 0.6 is 0 Å². The third-order valence-corrected chi connectivity index (χ3v) is 5.85. The van der Waals surface area contributed by atoms with Crippen molar-refractivity contribution in [2.75, 3.05) is 36.5 Å². The van der Waals surface area contributed by atoms with Gasteiger partial charge in [-0.2, -0.15) is 0 Å². The van der Waals surface area contributed by atoms with Crippen molar-refractivity contribution >= 4 is 23.2 Å². The van der Waals surface area contributed by atoms with Gasteiger partial charge in [0.05, 0.1) is 6.61 Å². The van der Waals surface area contributed by atoms with Crippen molar-refractivity contribution in [3.8, 4) is 5.75 Å². The van der Waals surface area contributed by atoms with Crippen LogP contribution < -0.4 is 20.3 Å². The highest BCUT2D eigenvalue weighted by atomic mass is 19.1. The molecule has 0 saturated carbocycles. The first-order valence-corrected chi connectivity index (χ1v) is 10.9. The summed E-state index contributed by atoms with van der Waals surface area (Å²) < 4.78 is 18.8.